The lowest BCUT2D eigenvalue weighted by Crippen LogP contribution is -2.49. The highest BCUT2D eigenvalue weighted by Crippen LogP contribution is 2.40. The lowest BCUT2D eigenvalue weighted by Gasteiger charge is -2.44. The number of hydroxylamine groups is 2. The first-order valence-corrected chi connectivity index (χ1v) is 9.98. The Kier molecular flexibility index (Phi) is 7.01. The minimum Gasteiger partial charge on any atom is -0.461 e. The van der Waals surface area contributed by atoms with Crippen molar-refractivity contribution in [2.24, 2.45) is 0 Å². The zero-order valence-electron chi connectivity index (χ0n) is 16.3. The van der Waals surface area contributed by atoms with Crippen molar-refractivity contribution in [3.05, 3.63) is 83.9 Å². The number of nitrogens with zero attached hydrogens (tertiary/aromatic N) is 1. The van der Waals surface area contributed by atoms with Crippen molar-refractivity contribution in [2.45, 2.75) is 57.2 Å². The fraction of sp³-hybridized carbons (Fsp3) is 0.375. The van der Waals surface area contributed by atoms with Gasteiger partial charge in [-0.1, -0.05) is 86.5 Å². The van der Waals surface area contributed by atoms with Crippen molar-refractivity contribution < 1.29 is 14.7 Å². The smallest absolute Gasteiger partial charge is 0.310 e. The number of benzene rings is 2. The molecule has 0 atom stereocenters. The van der Waals surface area contributed by atoms with Gasteiger partial charge in [0.2, 0.25) is 0 Å². The molecule has 4 heteroatoms. The summed E-state index contributed by atoms with van der Waals surface area (Å²) in [6.45, 7) is 4.88. The first kappa shape index (κ1) is 20.3. The standard InChI is InChI=1S/C24H29NO3/c1-20(17-23(26)28-19-22-13-7-3-8-14-22)24(15-9-4-10-16-24)25(27)18-21-11-5-2-6-12-21/h2-3,5-8,11-14,27H,1,4,9-10,15-19H2. The van der Waals surface area contributed by atoms with E-state index in [1.165, 1.54) is 5.06 Å². The summed E-state index contributed by atoms with van der Waals surface area (Å²) in [5.74, 6) is -0.299. The van der Waals surface area contributed by atoms with Gasteiger partial charge in [-0.3, -0.25) is 4.79 Å². The van der Waals surface area contributed by atoms with Gasteiger partial charge in [0.1, 0.15) is 6.61 Å². The number of hydrogen-bond acceptors (Lipinski definition) is 4. The average molecular weight is 380 g/mol. The monoisotopic (exact) mass is 379 g/mol. The van der Waals surface area contributed by atoms with Gasteiger partial charge in [-0.15, -0.1) is 0 Å². The lowest BCUT2D eigenvalue weighted by atomic mass is 9.75. The highest BCUT2D eigenvalue weighted by Gasteiger charge is 2.40. The molecule has 4 nitrogen and oxygen atoms in total. The predicted molar refractivity (Wildman–Crippen MR) is 110 cm³/mol. The molecular weight excluding hydrogens is 350 g/mol. The molecule has 0 amide bonds. The third kappa shape index (κ3) is 5.09. The molecule has 1 aliphatic carbocycles. The molecule has 0 spiro atoms. The molecule has 0 aliphatic heterocycles. The zero-order chi connectivity index (χ0) is 19.8. The third-order valence-electron chi connectivity index (χ3n) is 5.61. The zero-order valence-corrected chi connectivity index (χ0v) is 16.3. The Hall–Kier alpha value is -2.43. The van der Waals surface area contributed by atoms with E-state index in [2.05, 4.69) is 6.58 Å². The molecule has 0 heterocycles. The van der Waals surface area contributed by atoms with Crippen LogP contribution in [0, 0.1) is 0 Å². The summed E-state index contributed by atoms with van der Waals surface area (Å²) in [7, 11) is 0. The Balaban J connectivity index is 1.64. The van der Waals surface area contributed by atoms with Crippen molar-refractivity contribution in [1.82, 2.24) is 5.06 Å². The van der Waals surface area contributed by atoms with Gasteiger partial charge in [-0.25, -0.2) is 0 Å². The second-order valence-electron chi connectivity index (χ2n) is 7.56. The molecule has 1 N–H and O–H groups in total. The normalized spacial score (nSPS) is 15.9. The summed E-state index contributed by atoms with van der Waals surface area (Å²) < 4.78 is 5.43. The van der Waals surface area contributed by atoms with E-state index in [9.17, 15) is 10.0 Å². The summed E-state index contributed by atoms with van der Waals surface area (Å²) in [4.78, 5) is 12.4. The summed E-state index contributed by atoms with van der Waals surface area (Å²) in [5, 5.41) is 12.4. The van der Waals surface area contributed by atoms with Crippen LogP contribution in [0.1, 0.15) is 49.7 Å². The second kappa shape index (κ2) is 9.67. The summed E-state index contributed by atoms with van der Waals surface area (Å²) in [6, 6.07) is 19.5. The Morgan fingerprint density at radius 2 is 1.54 bits per heavy atom. The molecule has 148 valence electrons. The first-order valence-electron chi connectivity index (χ1n) is 9.98. The number of carbonyl (C=O) groups is 1. The molecule has 28 heavy (non-hydrogen) atoms. The topological polar surface area (TPSA) is 49.8 Å². The van der Waals surface area contributed by atoms with Gasteiger partial charge >= 0.3 is 5.97 Å². The van der Waals surface area contributed by atoms with E-state index in [1.54, 1.807) is 0 Å². The summed E-state index contributed by atoms with van der Waals surface area (Å²) in [6.07, 6.45) is 4.92. The van der Waals surface area contributed by atoms with Crippen LogP contribution in [0.15, 0.2) is 72.8 Å². The largest absolute Gasteiger partial charge is 0.461 e. The fourth-order valence-electron chi connectivity index (χ4n) is 3.97. The fourth-order valence-corrected chi connectivity index (χ4v) is 3.97. The average Bonchev–Trinajstić information content (AvgIpc) is 2.74. The maximum Gasteiger partial charge on any atom is 0.310 e. The van der Waals surface area contributed by atoms with Gasteiger partial charge in [0.25, 0.3) is 0 Å². The maximum absolute atomic E-state index is 12.4. The number of esters is 1. The van der Waals surface area contributed by atoms with Crippen LogP contribution in [-0.2, 0) is 22.7 Å². The van der Waals surface area contributed by atoms with Crippen molar-refractivity contribution >= 4 is 5.97 Å². The third-order valence-corrected chi connectivity index (χ3v) is 5.61. The number of hydrogen-bond donors (Lipinski definition) is 1. The molecule has 0 radical (unpaired) electrons. The van der Waals surface area contributed by atoms with Crippen molar-refractivity contribution in [3.63, 3.8) is 0 Å². The molecular formula is C24H29NO3. The summed E-state index contributed by atoms with van der Waals surface area (Å²) >= 11 is 0. The van der Waals surface area contributed by atoms with Gasteiger partial charge in [0.05, 0.1) is 12.0 Å². The van der Waals surface area contributed by atoms with Crippen LogP contribution in [0.4, 0.5) is 0 Å². The predicted octanol–water partition coefficient (Wildman–Crippen LogP) is 5.27. The van der Waals surface area contributed by atoms with E-state index in [1.807, 2.05) is 60.7 Å². The SMILES string of the molecule is C=C(CC(=O)OCc1ccccc1)C1(N(O)Cc2ccccc2)CCCCC1. The van der Waals surface area contributed by atoms with Crippen LogP contribution < -0.4 is 0 Å². The number of rotatable bonds is 8. The molecule has 0 saturated heterocycles. The molecule has 3 rings (SSSR count). The van der Waals surface area contributed by atoms with E-state index in [0.29, 0.717) is 6.54 Å². The molecule has 0 unspecified atom stereocenters. The molecule has 2 aromatic rings. The minimum atomic E-state index is -0.570. The molecule has 2 aromatic carbocycles. The highest BCUT2D eigenvalue weighted by molar-refractivity contribution is 5.73. The van der Waals surface area contributed by atoms with Crippen LogP contribution in [0.5, 0.6) is 0 Å². The molecule has 0 bridgehead atoms. The molecule has 1 aliphatic rings. The Labute approximate surface area is 167 Å². The Bertz CT molecular complexity index is 767. The van der Waals surface area contributed by atoms with Crippen LogP contribution in [0.2, 0.25) is 0 Å². The first-order chi connectivity index (χ1) is 13.6. The van der Waals surface area contributed by atoms with Crippen molar-refractivity contribution in [1.29, 1.82) is 0 Å². The Morgan fingerprint density at radius 3 is 2.14 bits per heavy atom. The highest BCUT2D eigenvalue weighted by atomic mass is 16.5. The number of carbonyl (C=O) groups excluding carboxylic acids is 1. The maximum atomic E-state index is 12.4. The Morgan fingerprint density at radius 1 is 0.964 bits per heavy atom. The van der Waals surface area contributed by atoms with Gasteiger partial charge in [-0.05, 0) is 29.5 Å². The van der Waals surface area contributed by atoms with Crippen LogP contribution in [-0.4, -0.2) is 21.8 Å². The van der Waals surface area contributed by atoms with Gasteiger partial charge in [0.15, 0.2) is 0 Å². The van der Waals surface area contributed by atoms with Crippen LogP contribution in [0.3, 0.4) is 0 Å². The van der Waals surface area contributed by atoms with E-state index in [4.69, 9.17) is 4.74 Å². The van der Waals surface area contributed by atoms with E-state index in [0.717, 1.165) is 48.8 Å². The van der Waals surface area contributed by atoms with E-state index >= 15 is 0 Å². The summed E-state index contributed by atoms with van der Waals surface area (Å²) in [5.41, 5.74) is 2.17. The van der Waals surface area contributed by atoms with Gasteiger partial charge in [0, 0.05) is 6.54 Å². The van der Waals surface area contributed by atoms with E-state index < -0.39 is 5.54 Å². The molecule has 0 aromatic heterocycles. The molecule has 1 fully saturated rings. The van der Waals surface area contributed by atoms with E-state index in [-0.39, 0.29) is 19.0 Å². The van der Waals surface area contributed by atoms with Crippen molar-refractivity contribution in [2.75, 3.05) is 0 Å². The van der Waals surface area contributed by atoms with Crippen molar-refractivity contribution in [3.8, 4) is 0 Å². The van der Waals surface area contributed by atoms with Crippen LogP contribution in [0.25, 0.3) is 0 Å². The lowest BCUT2D eigenvalue weighted by molar-refractivity contribution is -0.180. The quantitative estimate of drug-likeness (QED) is 0.386. The number of ether oxygens (including phenoxy) is 1. The van der Waals surface area contributed by atoms with Crippen LogP contribution >= 0.6 is 0 Å². The minimum absolute atomic E-state index is 0.124. The second-order valence-corrected chi connectivity index (χ2v) is 7.56. The molecule has 1 saturated carbocycles. The van der Waals surface area contributed by atoms with Gasteiger partial charge in [-0.2, -0.15) is 5.06 Å². The van der Waals surface area contributed by atoms with Gasteiger partial charge < -0.3 is 9.94 Å².